The third kappa shape index (κ3) is 3.46. The van der Waals surface area contributed by atoms with Crippen LogP contribution in [-0.4, -0.2) is 8.80 Å². The summed E-state index contributed by atoms with van der Waals surface area (Å²) in [5, 5.41) is 1.32. The highest BCUT2D eigenvalue weighted by Gasteiger charge is 2.00. The SMILES string of the molecule is C=CC=CC(=C)[SiH](C)CC. The lowest BCUT2D eigenvalue weighted by Gasteiger charge is -2.04. The Balaban J connectivity index is 3.83. The first kappa shape index (κ1) is 9.44. The molecule has 0 aromatic heterocycles. The minimum absolute atomic E-state index is 0.636. The van der Waals surface area contributed by atoms with Crippen molar-refractivity contribution in [2.45, 2.75) is 19.5 Å². The first-order valence-electron chi connectivity index (χ1n) is 3.70. The molecule has 56 valence electrons. The van der Waals surface area contributed by atoms with E-state index in [1.165, 1.54) is 11.2 Å². The maximum absolute atomic E-state index is 3.99. The van der Waals surface area contributed by atoms with Crippen molar-refractivity contribution in [3.8, 4) is 0 Å². The minimum atomic E-state index is -0.636. The smallest absolute Gasteiger partial charge is 0.0667 e. The van der Waals surface area contributed by atoms with Gasteiger partial charge in [-0.25, -0.2) is 0 Å². The van der Waals surface area contributed by atoms with E-state index < -0.39 is 8.80 Å². The molecule has 0 aromatic carbocycles. The van der Waals surface area contributed by atoms with Crippen LogP contribution in [0.4, 0.5) is 0 Å². The molecular formula is C9H16Si. The zero-order chi connectivity index (χ0) is 7.98. The highest BCUT2D eigenvalue weighted by Crippen LogP contribution is 2.03. The fourth-order valence-electron chi connectivity index (χ4n) is 0.618. The Morgan fingerprint density at radius 3 is 2.60 bits per heavy atom. The van der Waals surface area contributed by atoms with Crippen LogP contribution in [0.15, 0.2) is 36.6 Å². The van der Waals surface area contributed by atoms with Crippen molar-refractivity contribution >= 4 is 8.80 Å². The monoisotopic (exact) mass is 152 g/mol. The molecule has 0 N–H and O–H groups in total. The van der Waals surface area contributed by atoms with Gasteiger partial charge < -0.3 is 0 Å². The molecule has 0 spiro atoms. The lowest BCUT2D eigenvalue weighted by Crippen LogP contribution is -2.05. The lowest BCUT2D eigenvalue weighted by atomic mass is 10.5. The van der Waals surface area contributed by atoms with E-state index in [4.69, 9.17) is 0 Å². The van der Waals surface area contributed by atoms with Crippen molar-refractivity contribution in [2.75, 3.05) is 0 Å². The van der Waals surface area contributed by atoms with Gasteiger partial charge in [0.15, 0.2) is 0 Å². The van der Waals surface area contributed by atoms with E-state index in [0.717, 1.165) is 0 Å². The number of hydrogen-bond donors (Lipinski definition) is 0. The molecule has 0 aromatic rings. The Bertz CT molecular complexity index is 145. The molecule has 0 aliphatic rings. The van der Waals surface area contributed by atoms with Crippen LogP contribution < -0.4 is 0 Å². The van der Waals surface area contributed by atoms with Crippen LogP contribution in [0.25, 0.3) is 0 Å². The van der Waals surface area contributed by atoms with Crippen LogP contribution in [0.3, 0.4) is 0 Å². The molecule has 0 bridgehead atoms. The number of rotatable bonds is 4. The molecule has 0 rings (SSSR count). The molecule has 0 saturated carbocycles. The normalized spacial score (nSPS) is 13.4. The van der Waals surface area contributed by atoms with Gasteiger partial charge in [0.1, 0.15) is 0 Å². The topological polar surface area (TPSA) is 0 Å². The molecule has 0 radical (unpaired) electrons. The molecule has 0 aliphatic heterocycles. The Morgan fingerprint density at radius 1 is 1.60 bits per heavy atom. The maximum Gasteiger partial charge on any atom is 0.0667 e. The summed E-state index contributed by atoms with van der Waals surface area (Å²) >= 11 is 0. The van der Waals surface area contributed by atoms with Gasteiger partial charge in [-0.2, -0.15) is 0 Å². The summed E-state index contributed by atoms with van der Waals surface area (Å²) in [5.41, 5.74) is 0. The van der Waals surface area contributed by atoms with E-state index in [-0.39, 0.29) is 0 Å². The number of allylic oxidation sites excluding steroid dienone is 4. The summed E-state index contributed by atoms with van der Waals surface area (Å²) in [5.74, 6) is 0. The van der Waals surface area contributed by atoms with Gasteiger partial charge in [-0.15, -0.1) is 6.58 Å². The van der Waals surface area contributed by atoms with Gasteiger partial charge in [-0.05, 0) is 0 Å². The molecule has 0 heterocycles. The van der Waals surface area contributed by atoms with Crippen LogP contribution in [0, 0.1) is 0 Å². The van der Waals surface area contributed by atoms with E-state index in [9.17, 15) is 0 Å². The summed E-state index contributed by atoms with van der Waals surface area (Å²) in [6.45, 7) is 12.1. The Kier molecular flexibility index (Phi) is 4.94. The third-order valence-corrected chi connectivity index (χ3v) is 4.37. The first-order valence-corrected chi connectivity index (χ1v) is 6.25. The average molecular weight is 152 g/mol. The van der Waals surface area contributed by atoms with Gasteiger partial charge in [0, 0.05) is 0 Å². The molecule has 0 fully saturated rings. The van der Waals surface area contributed by atoms with E-state index in [2.05, 4.69) is 32.7 Å². The standard InChI is InChI=1S/C9H16Si/c1-5-7-8-9(3)10(4)6-2/h5,7-8,10H,1,3,6H2,2,4H3. The number of hydrogen-bond acceptors (Lipinski definition) is 0. The fourth-order valence-corrected chi connectivity index (χ4v) is 1.58. The molecule has 0 nitrogen and oxygen atoms in total. The minimum Gasteiger partial charge on any atom is -0.100 e. The van der Waals surface area contributed by atoms with E-state index in [1.54, 1.807) is 6.08 Å². The summed E-state index contributed by atoms with van der Waals surface area (Å²) in [6, 6.07) is 1.29. The molecule has 1 unspecified atom stereocenters. The van der Waals surface area contributed by atoms with Gasteiger partial charge in [-0.3, -0.25) is 0 Å². The highest BCUT2D eigenvalue weighted by atomic mass is 28.3. The third-order valence-electron chi connectivity index (χ3n) is 1.69. The maximum atomic E-state index is 3.99. The molecule has 1 heteroatoms. The summed E-state index contributed by atoms with van der Waals surface area (Å²) in [6.07, 6.45) is 5.83. The Labute approximate surface area is 65.6 Å². The molecule has 10 heavy (non-hydrogen) atoms. The van der Waals surface area contributed by atoms with Crippen LogP contribution in [0.1, 0.15) is 6.92 Å². The van der Waals surface area contributed by atoms with Gasteiger partial charge in [0.2, 0.25) is 0 Å². The molecule has 0 amide bonds. The summed E-state index contributed by atoms with van der Waals surface area (Å²) in [7, 11) is -0.636. The molecular weight excluding hydrogens is 136 g/mol. The van der Waals surface area contributed by atoms with Crippen LogP contribution in [-0.2, 0) is 0 Å². The van der Waals surface area contributed by atoms with E-state index in [0.29, 0.717) is 0 Å². The molecule has 1 atom stereocenters. The van der Waals surface area contributed by atoms with Gasteiger partial charge in [-0.1, -0.05) is 49.5 Å². The Morgan fingerprint density at radius 2 is 2.20 bits per heavy atom. The van der Waals surface area contributed by atoms with Crippen molar-refractivity contribution in [3.63, 3.8) is 0 Å². The van der Waals surface area contributed by atoms with Crippen LogP contribution in [0.5, 0.6) is 0 Å². The zero-order valence-corrected chi connectivity index (χ0v) is 8.09. The van der Waals surface area contributed by atoms with Gasteiger partial charge in [0.05, 0.1) is 8.80 Å². The molecule has 0 saturated heterocycles. The van der Waals surface area contributed by atoms with E-state index in [1.807, 2.05) is 6.08 Å². The van der Waals surface area contributed by atoms with Gasteiger partial charge in [0.25, 0.3) is 0 Å². The van der Waals surface area contributed by atoms with Crippen LogP contribution >= 0.6 is 0 Å². The zero-order valence-electron chi connectivity index (χ0n) is 6.93. The summed E-state index contributed by atoms with van der Waals surface area (Å²) in [4.78, 5) is 0. The second-order valence-corrected chi connectivity index (χ2v) is 5.84. The second kappa shape index (κ2) is 5.24. The van der Waals surface area contributed by atoms with Crippen molar-refractivity contribution in [1.82, 2.24) is 0 Å². The predicted octanol–water partition coefficient (Wildman–Crippen LogP) is 2.70. The van der Waals surface area contributed by atoms with Gasteiger partial charge >= 0.3 is 0 Å². The predicted molar refractivity (Wildman–Crippen MR) is 52.0 cm³/mol. The highest BCUT2D eigenvalue weighted by molar-refractivity contribution is 6.65. The van der Waals surface area contributed by atoms with Crippen LogP contribution in [0.2, 0.25) is 12.6 Å². The van der Waals surface area contributed by atoms with Crippen molar-refractivity contribution in [2.24, 2.45) is 0 Å². The van der Waals surface area contributed by atoms with Crippen molar-refractivity contribution in [3.05, 3.63) is 36.6 Å². The van der Waals surface area contributed by atoms with Crippen molar-refractivity contribution in [1.29, 1.82) is 0 Å². The second-order valence-electron chi connectivity index (χ2n) is 2.48. The first-order chi connectivity index (χ1) is 4.72. The summed E-state index contributed by atoms with van der Waals surface area (Å²) < 4.78 is 0. The average Bonchev–Trinajstić information content (AvgIpc) is 1.98. The lowest BCUT2D eigenvalue weighted by molar-refractivity contribution is 1.42. The fraction of sp³-hybridized carbons (Fsp3) is 0.333. The largest absolute Gasteiger partial charge is 0.100 e. The van der Waals surface area contributed by atoms with Crippen molar-refractivity contribution < 1.29 is 0 Å². The molecule has 0 aliphatic carbocycles. The van der Waals surface area contributed by atoms with E-state index >= 15 is 0 Å². The quantitative estimate of drug-likeness (QED) is 0.429. The Hall–Kier alpha value is -0.563.